The molecule has 8 heteroatoms. The smallest absolute Gasteiger partial charge is 0.261 e. The summed E-state index contributed by atoms with van der Waals surface area (Å²) in [5, 5.41) is 0. The molecule has 0 fully saturated rings. The summed E-state index contributed by atoms with van der Waals surface area (Å²) >= 11 is 0. The average molecular weight is 421 g/mol. The van der Waals surface area contributed by atoms with Gasteiger partial charge in [-0.05, 0) is 55.3 Å². The van der Waals surface area contributed by atoms with E-state index in [1.54, 1.807) is 49.3 Å². The number of nitrogens with one attached hydrogen (secondary N) is 1. The Labute approximate surface area is 172 Å². The molecule has 0 bridgehead atoms. The molecule has 7 nitrogen and oxygen atoms in total. The van der Waals surface area contributed by atoms with Crippen molar-refractivity contribution in [2.24, 2.45) is 0 Å². The van der Waals surface area contributed by atoms with E-state index in [1.165, 1.54) is 13.0 Å². The van der Waals surface area contributed by atoms with Crippen LogP contribution in [0.15, 0.2) is 47.4 Å². The van der Waals surface area contributed by atoms with Crippen molar-refractivity contribution < 1.29 is 22.7 Å². The highest BCUT2D eigenvalue weighted by atomic mass is 32.2. The number of aryl methyl sites for hydroxylation is 1. The van der Waals surface area contributed by atoms with Crippen LogP contribution in [-0.2, 0) is 26.1 Å². The van der Waals surface area contributed by atoms with Gasteiger partial charge < -0.3 is 14.4 Å². The Morgan fingerprint density at radius 1 is 1.14 bits per heavy atom. The molecule has 0 radical (unpaired) electrons. The summed E-state index contributed by atoms with van der Waals surface area (Å²) in [7, 11) is -2.17. The summed E-state index contributed by atoms with van der Waals surface area (Å²) in [4.78, 5) is 13.4. The molecule has 0 aromatic heterocycles. The van der Waals surface area contributed by atoms with Crippen LogP contribution in [0.4, 0.5) is 5.69 Å². The van der Waals surface area contributed by atoms with E-state index in [0.29, 0.717) is 37.7 Å². The molecule has 0 saturated carbocycles. The lowest BCUT2D eigenvalue weighted by Gasteiger charge is -2.19. The average Bonchev–Trinajstić information content (AvgIpc) is 2.67. The topological polar surface area (TPSA) is 84.9 Å². The van der Waals surface area contributed by atoms with Gasteiger partial charge in [0.15, 0.2) is 0 Å². The van der Waals surface area contributed by atoms with Gasteiger partial charge >= 0.3 is 0 Å². The Hall–Kier alpha value is -2.58. The highest BCUT2D eigenvalue weighted by Crippen LogP contribution is 2.24. The molecule has 0 aliphatic heterocycles. The van der Waals surface area contributed by atoms with Gasteiger partial charge in [0.1, 0.15) is 12.4 Å². The minimum atomic E-state index is -3.76. The summed E-state index contributed by atoms with van der Waals surface area (Å²) in [6.45, 7) is 7.07. The fraction of sp³-hybridized carbons (Fsp3) is 0.381. The maximum absolute atomic E-state index is 12.8. The first-order valence-electron chi connectivity index (χ1n) is 9.36. The van der Waals surface area contributed by atoms with Crippen LogP contribution in [0.25, 0.3) is 0 Å². The Bertz CT molecular complexity index is 944. The fourth-order valence-electron chi connectivity index (χ4n) is 2.80. The highest BCUT2D eigenvalue weighted by Gasteiger charge is 2.16. The molecule has 0 unspecified atom stereocenters. The zero-order chi connectivity index (χ0) is 21.4. The molecule has 0 saturated heterocycles. The Kier molecular flexibility index (Phi) is 8.04. The minimum absolute atomic E-state index is 0.0261. The van der Waals surface area contributed by atoms with Gasteiger partial charge in [-0.1, -0.05) is 12.1 Å². The first-order chi connectivity index (χ1) is 13.8. The van der Waals surface area contributed by atoms with Crippen LogP contribution >= 0.6 is 0 Å². The minimum Gasteiger partial charge on any atom is -0.491 e. The predicted molar refractivity (Wildman–Crippen MR) is 113 cm³/mol. The molecule has 0 heterocycles. The van der Waals surface area contributed by atoms with E-state index in [4.69, 9.17) is 9.47 Å². The van der Waals surface area contributed by atoms with Gasteiger partial charge in [-0.25, -0.2) is 8.42 Å². The molecule has 0 atom stereocenters. The van der Waals surface area contributed by atoms with E-state index in [1.807, 2.05) is 13.0 Å². The SMILES string of the molecule is CCN(Cc1cccc(NS(=O)(=O)c2ccc(OCCOC)c(C)c2)c1)C(C)=O. The van der Waals surface area contributed by atoms with Crippen LogP contribution in [0.3, 0.4) is 0 Å². The Balaban J connectivity index is 2.16. The van der Waals surface area contributed by atoms with Crippen LogP contribution in [-0.4, -0.2) is 46.1 Å². The van der Waals surface area contributed by atoms with Gasteiger partial charge in [0, 0.05) is 32.8 Å². The molecule has 0 spiro atoms. The van der Waals surface area contributed by atoms with E-state index in [-0.39, 0.29) is 10.8 Å². The summed E-state index contributed by atoms with van der Waals surface area (Å²) in [6, 6.07) is 11.8. The van der Waals surface area contributed by atoms with E-state index >= 15 is 0 Å². The Morgan fingerprint density at radius 2 is 1.90 bits per heavy atom. The molecule has 29 heavy (non-hydrogen) atoms. The molecule has 2 rings (SSSR count). The van der Waals surface area contributed by atoms with Crippen molar-refractivity contribution in [3.63, 3.8) is 0 Å². The van der Waals surface area contributed by atoms with Crippen molar-refractivity contribution in [2.75, 3.05) is 31.6 Å². The first kappa shape index (κ1) is 22.7. The van der Waals surface area contributed by atoms with Gasteiger partial charge in [-0.3, -0.25) is 9.52 Å². The lowest BCUT2D eigenvalue weighted by atomic mass is 10.2. The number of carbonyl (C=O) groups is 1. The molecule has 158 valence electrons. The van der Waals surface area contributed by atoms with E-state index in [9.17, 15) is 13.2 Å². The quantitative estimate of drug-likeness (QED) is 0.597. The predicted octanol–water partition coefficient (Wildman–Crippen LogP) is 3.19. The molecule has 2 aromatic rings. The molecule has 1 N–H and O–H groups in total. The second-order valence-corrected chi connectivity index (χ2v) is 8.29. The van der Waals surface area contributed by atoms with Crippen LogP contribution in [0.2, 0.25) is 0 Å². The number of methoxy groups -OCH3 is 1. The first-order valence-corrected chi connectivity index (χ1v) is 10.8. The molecular formula is C21H28N2O5S. The van der Waals surface area contributed by atoms with Crippen LogP contribution < -0.4 is 9.46 Å². The molecule has 0 aliphatic rings. The van der Waals surface area contributed by atoms with Gasteiger partial charge in [0.2, 0.25) is 5.91 Å². The number of carbonyl (C=O) groups excluding carboxylic acids is 1. The van der Waals surface area contributed by atoms with Crippen LogP contribution in [0.5, 0.6) is 5.75 Å². The summed E-state index contributed by atoms with van der Waals surface area (Å²) in [6.07, 6.45) is 0. The second kappa shape index (κ2) is 10.3. The third kappa shape index (κ3) is 6.47. The number of anilines is 1. The van der Waals surface area contributed by atoms with Gasteiger partial charge in [-0.2, -0.15) is 0 Å². The number of rotatable bonds is 10. The standard InChI is InChI=1S/C21H28N2O5S/c1-5-23(17(3)24)15-18-7-6-8-19(14-18)22-29(25,26)20-9-10-21(16(2)13-20)28-12-11-27-4/h6-10,13-14,22H,5,11-12,15H2,1-4H3. The van der Waals surface area contributed by atoms with Gasteiger partial charge in [-0.15, -0.1) is 0 Å². The third-order valence-corrected chi connectivity index (χ3v) is 5.76. The molecule has 1 amide bonds. The maximum atomic E-state index is 12.8. The van der Waals surface area contributed by atoms with Crippen molar-refractivity contribution in [1.82, 2.24) is 4.90 Å². The van der Waals surface area contributed by atoms with Crippen molar-refractivity contribution >= 4 is 21.6 Å². The largest absolute Gasteiger partial charge is 0.491 e. The van der Waals surface area contributed by atoms with Crippen molar-refractivity contribution in [1.29, 1.82) is 0 Å². The van der Waals surface area contributed by atoms with Crippen molar-refractivity contribution in [3.05, 3.63) is 53.6 Å². The maximum Gasteiger partial charge on any atom is 0.261 e. The van der Waals surface area contributed by atoms with E-state index in [2.05, 4.69) is 4.72 Å². The molecule has 0 aliphatic carbocycles. The Morgan fingerprint density at radius 3 is 2.52 bits per heavy atom. The van der Waals surface area contributed by atoms with Crippen LogP contribution in [0, 0.1) is 6.92 Å². The lowest BCUT2D eigenvalue weighted by Crippen LogP contribution is -2.27. The number of nitrogens with zero attached hydrogens (tertiary/aromatic N) is 1. The van der Waals surface area contributed by atoms with E-state index in [0.717, 1.165) is 11.1 Å². The number of ether oxygens (including phenoxy) is 2. The van der Waals surface area contributed by atoms with Crippen LogP contribution in [0.1, 0.15) is 25.0 Å². The van der Waals surface area contributed by atoms with Crippen molar-refractivity contribution in [3.8, 4) is 5.75 Å². The summed E-state index contributed by atoms with van der Waals surface area (Å²) in [5.41, 5.74) is 2.01. The summed E-state index contributed by atoms with van der Waals surface area (Å²) < 4.78 is 38.7. The van der Waals surface area contributed by atoms with Crippen molar-refractivity contribution in [2.45, 2.75) is 32.2 Å². The lowest BCUT2D eigenvalue weighted by molar-refractivity contribution is -0.129. The number of hydrogen-bond acceptors (Lipinski definition) is 5. The number of hydrogen-bond donors (Lipinski definition) is 1. The normalized spacial score (nSPS) is 11.2. The third-order valence-electron chi connectivity index (χ3n) is 4.38. The number of benzene rings is 2. The number of amides is 1. The number of sulfonamides is 1. The molecular weight excluding hydrogens is 392 g/mol. The van der Waals surface area contributed by atoms with E-state index < -0.39 is 10.0 Å². The van der Waals surface area contributed by atoms with Gasteiger partial charge in [0.25, 0.3) is 10.0 Å². The highest BCUT2D eigenvalue weighted by molar-refractivity contribution is 7.92. The molecule has 2 aromatic carbocycles. The zero-order valence-corrected chi connectivity index (χ0v) is 18.1. The fourth-order valence-corrected chi connectivity index (χ4v) is 3.93. The second-order valence-electron chi connectivity index (χ2n) is 6.61. The van der Waals surface area contributed by atoms with Gasteiger partial charge in [0.05, 0.1) is 11.5 Å². The summed E-state index contributed by atoms with van der Waals surface area (Å²) in [5.74, 6) is 0.591. The monoisotopic (exact) mass is 420 g/mol. The zero-order valence-electron chi connectivity index (χ0n) is 17.3.